The van der Waals surface area contributed by atoms with Gasteiger partial charge in [0.1, 0.15) is 0 Å². The Kier molecular flexibility index (Phi) is 3.87. The van der Waals surface area contributed by atoms with Gasteiger partial charge in [0.25, 0.3) is 5.91 Å². The van der Waals surface area contributed by atoms with Crippen LogP contribution in [0.3, 0.4) is 0 Å². The van der Waals surface area contributed by atoms with E-state index in [2.05, 4.69) is 12.3 Å². The summed E-state index contributed by atoms with van der Waals surface area (Å²) in [7, 11) is 0. The van der Waals surface area contributed by atoms with Gasteiger partial charge >= 0.3 is 0 Å². The van der Waals surface area contributed by atoms with Crippen molar-refractivity contribution in [3.05, 3.63) is 21.4 Å². The van der Waals surface area contributed by atoms with Crippen molar-refractivity contribution >= 4 is 17.2 Å². The van der Waals surface area contributed by atoms with Gasteiger partial charge in [-0.3, -0.25) is 4.79 Å². The van der Waals surface area contributed by atoms with E-state index in [-0.39, 0.29) is 18.1 Å². The van der Waals surface area contributed by atoms with Crippen LogP contribution in [0.15, 0.2) is 5.38 Å². The minimum Gasteiger partial charge on any atom is -0.372 e. The van der Waals surface area contributed by atoms with E-state index in [0.717, 1.165) is 24.3 Å². The average molecular weight is 293 g/mol. The first-order chi connectivity index (χ1) is 9.54. The molecule has 20 heavy (non-hydrogen) atoms. The maximum atomic E-state index is 12.8. The normalized spacial score (nSPS) is 30.1. The SMILES string of the molecule is CC1CCc2c(C(=O)N3CC(C)OC(C)C3)csc2C1. The summed E-state index contributed by atoms with van der Waals surface area (Å²) in [5.41, 5.74) is 2.28. The van der Waals surface area contributed by atoms with Crippen LogP contribution in [0.5, 0.6) is 0 Å². The quantitative estimate of drug-likeness (QED) is 0.796. The number of carbonyl (C=O) groups is 1. The first-order valence-corrected chi connectivity index (χ1v) is 8.46. The van der Waals surface area contributed by atoms with Crippen LogP contribution in [0.4, 0.5) is 0 Å². The standard InChI is InChI=1S/C16H23NO2S/c1-10-4-5-13-14(9-20-15(13)6-10)16(18)17-7-11(2)19-12(3)8-17/h9-12H,4-8H2,1-3H3. The summed E-state index contributed by atoms with van der Waals surface area (Å²) in [6, 6.07) is 0. The highest BCUT2D eigenvalue weighted by Gasteiger charge is 2.30. The number of nitrogens with zero attached hydrogens (tertiary/aromatic N) is 1. The topological polar surface area (TPSA) is 29.5 Å². The lowest BCUT2D eigenvalue weighted by molar-refractivity contribution is -0.0586. The zero-order valence-electron chi connectivity index (χ0n) is 12.5. The van der Waals surface area contributed by atoms with Gasteiger partial charge in [-0.25, -0.2) is 0 Å². The van der Waals surface area contributed by atoms with E-state index in [1.807, 2.05) is 18.7 Å². The molecule has 3 nitrogen and oxygen atoms in total. The summed E-state index contributed by atoms with van der Waals surface area (Å²) in [5.74, 6) is 0.964. The summed E-state index contributed by atoms with van der Waals surface area (Å²) in [6.07, 6.45) is 3.69. The van der Waals surface area contributed by atoms with Crippen molar-refractivity contribution in [3.63, 3.8) is 0 Å². The zero-order chi connectivity index (χ0) is 14.3. The Hall–Kier alpha value is -0.870. The van der Waals surface area contributed by atoms with Crippen LogP contribution in [0.2, 0.25) is 0 Å². The molecule has 3 rings (SSSR count). The van der Waals surface area contributed by atoms with Crippen molar-refractivity contribution in [3.8, 4) is 0 Å². The molecule has 2 aliphatic rings. The van der Waals surface area contributed by atoms with Gasteiger partial charge in [0.15, 0.2) is 0 Å². The van der Waals surface area contributed by atoms with E-state index in [9.17, 15) is 4.79 Å². The summed E-state index contributed by atoms with van der Waals surface area (Å²) in [4.78, 5) is 16.2. The van der Waals surface area contributed by atoms with Gasteiger partial charge in [-0.1, -0.05) is 6.92 Å². The van der Waals surface area contributed by atoms with E-state index < -0.39 is 0 Å². The number of thiophene rings is 1. The van der Waals surface area contributed by atoms with Gasteiger partial charge in [0, 0.05) is 23.3 Å². The minimum absolute atomic E-state index is 0.136. The van der Waals surface area contributed by atoms with Crippen LogP contribution < -0.4 is 0 Å². The van der Waals surface area contributed by atoms with E-state index in [1.165, 1.54) is 16.9 Å². The molecule has 0 radical (unpaired) electrons. The summed E-state index contributed by atoms with van der Waals surface area (Å²) >= 11 is 1.77. The van der Waals surface area contributed by atoms with Crippen LogP contribution in [0.1, 0.15) is 48.0 Å². The maximum Gasteiger partial charge on any atom is 0.255 e. The lowest BCUT2D eigenvalue weighted by Gasteiger charge is -2.35. The fourth-order valence-corrected chi connectivity index (χ4v) is 4.61. The molecule has 1 aromatic heterocycles. The minimum atomic E-state index is 0.136. The molecular weight excluding hydrogens is 270 g/mol. The molecule has 0 spiro atoms. The molecule has 0 saturated carbocycles. The van der Waals surface area contributed by atoms with E-state index in [1.54, 1.807) is 11.3 Å². The summed E-state index contributed by atoms with van der Waals surface area (Å²) < 4.78 is 5.72. The second-order valence-electron chi connectivity index (χ2n) is 6.37. The average Bonchev–Trinajstić information content (AvgIpc) is 2.79. The predicted molar refractivity (Wildman–Crippen MR) is 81.4 cm³/mol. The van der Waals surface area contributed by atoms with Crippen molar-refractivity contribution in [1.29, 1.82) is 0 Å². The third kappa shape index (κ3) is 2.63. The van der Waals surface area contributed by atoms with Crippen LogP contribution >= 0.6 is 11.3 Å². The predicted octanol–water partition coefficient (Wildman–Crippen LogP) is 3.12. The number of rotatable bonds is 1. The largest absolute Gasteiger partial charge is 0.372 e. The van der Waals surface area contributed by atoms with Crippen molar-refractivity contribution in [2.24, 2.45) is 5.92 Å². The number of amides is 1. The molecule has 1 aliphatic heterocycles. The molecule has 1 amide bonds. The second kappa shape index (κ2) is 5.49. The number of carbonyl (C=O) groups excluding carboxylic acids is 1. The number of fused-ring (bicyclic) bond motifs is 1. The van der Waals surface area contributed by atoms with Crippen molar-refractivity contribution in [2.45, 2.75) is 52.2 Å². The highest BCUT2D eigenvalue weighted by Crippen LogP contribution is 2.33. The molecule has 1 aromatic rings. The Morgan fingerprint density at radius 1 is 1.30 bits per heavy atom. The number of hydrogen-bond donors (Lipinski definition) is 0. The van der Waals surface area contributed by atoms with Crippen molar-refractivity contribution in [2.75, 3.05) is 13.1 Å². The Labute approximate surface area is 124 Å². The van der Waals surface area contributed by atoms with Gasteiger partial charge < -0.3 is 9.64 Å². The lowest BCUT2D eigenvalue weighted by Crippen LogP contribution is -2.48. The van der Waals surface area contributed by atoms with Crippen molar-refractivity contribution < 1.29 is 9.53 Å². The van der Waals surface area contributed by atoms with E-state index in [4.69, 9.17) is 4.74 Å². The molecule has 1 fully saturated rings. The monoisotopic (exact) mass is 293 g/mol. The van der Waals surface area contributed by atoms with E-state index >= 15 is 0 Å². The summed E-state index contributed by atoms with van der Waals surface area (Å²) in [6.45, 7) is 7.81. The van der Waals surface area contributed by atoms with Crippen LogP contribution in [0, 0.1) is 5.92 Å². The molecule has 1 saturated heterocycles. The van der Waals surface area contributed by atoms with Gasteiger partial charge in [-0.2, -0.15) is 0 Å². The molecule has 2 heterocycles. The molecule has 3 unspecified atom stereocenters. The molecule has 110 valence electrons. The number of morpholine rings is 1. The fraction of sp³-hybridized carbons (Fsp3) is 0.688. The van der Waals surface area contributed by atoms with Crippen LogP contribution in [-0.2, 0) is 17.6 Å². The molecule has 0 aromatic carbocycles. The molecule has 3 atom stereocenters. The first-order valence-electron chi connectivity index (χ1n) is 7.58. The molecule has 1 aliphatic carbocycles. The Balaban J connectivity index is 1.81. The highest BCUT2D eigenvalue weighted by molar-refractivity contribution is 7.10. The molecule has 0 N–H and O–H groups in total. The van der Waals surface area contributed by atoms with Crippen LogP contribution in [0.25, 0.3) is 0 Å². The Morgan fingerprint density at radius 2 is 2.00 bits per heavy atom. The van der Waals surface area contributed by atoms with Crippen LogP contribution in [-0.4, -0.2) is 36.1 Å². The lowest BCUT2D eigenvalue weighted by atomic mass is 9.88. The van der Waals surface area contributed by atoms with E-state index in [0.29, 0.717) is 13.1 Å². The molecule has 0 bridgehead atoms. The molecular formula is C16H23NO2S. The molecule has 4 heteroatoms. The fourth-order valence-electron chi connectivity index (χ4n) is 3.37. The number of ether oxygens (including phenoxy) is 1. The second-order valence-corrected chi connectivity index (χ2v) is 7.33. The summed E-state index contributed by atoms with van der Waals surface area (Å²) in [5, 5.41) is 2.08. The maximum absolute atomic E-state index is 12.8. The van der Waals surface area contributed by atoms with Gasteiger partial charge in [-0.05, 0) is 44.6 Å². The van der Waals surface area contributed by atoms with Gasteiger partial charge in [0.05, 0.1) is 17.8 Å². The third-order valence-corrected chi connectivity index (χ3v) is 5.39. The Morgan fingerprint density at radius 3 is 2.70 bits per heavy atom. The smallest absolute Gasteiger partial charge is 0.255 e. The first kappa shape index (κ1) is 14.1. The number of hydrogen-bond acceptors (Lipinski definition) is 3. The van der Waals surface area contributed by atoms with Gasteiger partial charge in [-0.15, -0.1) is 11.3 Å². The highest BCUT2D eigenvalue weighted by atomic mass is 32.1. The zero-order valence-corrected chi connectivity index (χ0v) is 13.3. The Bertz CT molecular complexity index is 501. The van der Waals surface area contributed by atoms with Crippen molar-refractivity contribution in [1.82, 2.24) is 4.90 Å². The van der Waals surface area contributed by atoms with Gasteiger partial charge in [0.2, 0.25) is 0 Å². The third-order valence-electron chi connectivity index (χ3n) is 4.34.